The Morgan fingerprint density at radius 3 is 2.95 bits per heavy atom. The van der Waals surface area contributed by atoms with E-state index in [1.165, 1.54) is 38.5 Å². The first-order valence-corrected chi connectivity index (χ1v) is 8.53. The van der Waals surface area contributed by atoms with Crippen LogP contribution in [-0.2, 0) is 13.1 Å². The molecule has 1 heterocycles. The number of nitrogens with zero attached hydrogens (tertiary/aromatic N) is 4. The van der Waals surface area contributed by atoms with Gasteiger partial charge >= 0.3 is 0 Å². The summed E-state index contributed by atoms with van der Waals surface area (Å²) < 4.78 is 1.99. The quantitative estimate of drug-likeness (QED) is 0.835. The van der Waals surface area contributed by atoms with E-state index in [4.69, 9.17) is 0 Å². The Balaban J connectivity index is 1.41. The van der Waals surface area contributed by atoms with Gasteiger partial charge in [-0.2, -0.15) is 0 Å². The summed E-state index contributed by atoms with van der Waals surface area (Å²) in [5, 5.41) is 12.0. The number of hydrogen-bond donors (Lipinski definition) is 1. The average Bonchev–Trinajstić information content (AvgIpc) is 3.21. The van der Waals surface area contributed by atoms with Crippen LogP contribution >= 0.6 is 0 Å². The molecule has 5 heteroatoms. The van der Waals surface area contributed by atoms with Gasteiger partial charge in [-0.15, -0.1) is 5.10 Å². The zero-order valence-electron chi connectivity index (χ0n) is 13.5. The van der Waals surface area contributed by atoms with E-state index in [-0.39, 0.29) is 0 Å². The van der Waals surface area contributed by atoms with Crippen molar-refractivity contribution in [3.05, 3.63) is 11.9 Å². The molecule has 1 aromatic heterocycles. The second-order valence-corrected chi connectivity index (χ2v) is 7.03. The highest BCUT2D eigenvalue weighted by molar-refractivity contribution is 4.94. The average molecular weight is 291 g/mol. The van der Waals surface area contributed by atoms with Crippen molar-refractivity contribution in [3.63, 3.8) is 0 Å². The fourth-order valence-electron chi connectivity index (χ4n) is 3.31. The standard InChI is InChI=1S/C16H29N5/c1-13-4-3-5-16(10-13)20(2)8-9-21-12-15(18-19-21)11-17-14-6-7-14/h12-14,16-17H,3-11H2,1-2H3. The number of aromatic nitrogens is 3. The van der Waals surface area contributed by atoms with Crippen LogP contribution in [-0.4, -0.2) is 45.6 Å². The van der Waals surface area contributed by atoms with Crippen molar-refractivity contribution >= 4 is 0 Å². The normalized spacial score (nSPS) is 26.4. The van der Waals surface area contributed by atoms with E-state index in [1.54, 1.807) is 0 Å². The molecule has 2 fully saturated rings. The number of hydrogen-bond acceptors (Lipinski definition) is 4. The predicted molar refractivity (Wildman–Crippen MR) is 83.9 cm³/mol. The molecule has 0 spiro atoms. The molecule has 2 aliphatic rings. The minimum Gasteiger partial charge on any atom is -0.308 e. The summed E-state index contributed by atoms with van der Waals surface area (Å²) >= 11 is 0. The number of rotatable bonds is 7. The first kappa shape index (κ1) is 15.0. The molecule has 3 rings (SSSR count). The van der Waals surface area contributed by atoms with Crippen molar-refractivity contribution in [2.45, 2.75) is 70.6 Å². The van der Waals surface area contributed by atoms with Crippen molar-refractivity contribution in [2.75, 3.05) is 13.6 Å². The molecule has 0 aromatic carbocycles. The third-order valence-electron chi connectivity index (χ3n) is 4.95. The van der Waals surface area contributed by atoms with Gasteiger partial charge < -0.3 is 10.2 Å². The molecule has 0 radical (unpaired) electrons. The van der Waals surface area contributed by atoms with Crippen molar-refractivity contribution in [1.29, 1.82) is 0 Å². The van der Waals surface area contributed by atoms with Crippen LogP contribution in [0.2, 0.25) is 0 Å². The summed E-state index contributed by atoms with van der Waals surface area (Å²) in [4.78, 5) is 2.51. The maximum absolute atomic E-state index is 4.25. The van der Waals surface area contributed by atoms with E-state index < -0.39 is 0 Å². The van der Waals surface area contributed by atoms with Crippen LogP contribution < -0.4 is 5.32 Å². The Labute approximate surface area is 128 Å². The van der Waals surface area contributed by atoms with Crippen molar-refractivity contribution in [1.82, 2.24) is 25.2 Å². The molecule has 0 saturated heterocycles. The van der Waals surface area contributed by atoms with E-state index in [0.717, 1.165) is 43.3 Å². The summed E-state index contributed by atoms with van der Waals surface area (Å²) in [6, 6.07) is 1.49. The maximum atomic E-state index is 4.25. The molecule has 0 bridgehead atoms. The van der Waals surface area contributed by atoms with E-state index in [0.29, 0.717) is 0 Å². The van der Waals surface area contributed by atoms with Crippen molar-refractivity contribution in [2.24, 2.45) is 5.92 Å². The number of likely N-dealkylation sites (N-methyl/N-ethyl adjacent to an activating group) is 1. The van der Waals surface area contributed by atoms with Crippen LogP contribution in [0.1, 0.15) is 51.1 Å². The summed E-state index contributed by atoms with van der Waals surface area (Å²) in [5.41, 5.74) is 1.07. The highest BCUT2D eigenvalue weighted by atomic mass is 15.4. The predicted octanol–water partition coefficient (Wildman–Crippen LogP) is 2.04. The highest BCUT2D eigenvalue weighted by Crippen LogP contribution is 2.26. The molecule has 2 unspecified atom stereocenters. The largest absolute Gasteiger partial charge is 0.308 e. The van der Waals surface area contributed by atoms with Crippen molar-refractivity contribution < 1.29 is 0 Å². The Morgan fingerprint density at radius 2 is 2.19 bits per heavy atom. The summed E-state index contributed by atoms with van der Waals surface area (Å²) in [6.45, 7) is 5.26. The molecule has 0 amide bonds. The topological polar surface area (TPSA) is 46.0 Å². The fraction of sp³-hybridized carbons (Fsp3) is 0.875. The first-order valence-electron chi connectivity index (χ1n) is 8.53. The molecule has 2 aliphatic carbocycles. The zero-order chi connectivity index (χ0) is 14.7. The van der Waals surface area contributed by atoms with Gasteiger partial charge in [0, 0.05) is 31.4 Å². The molecule has 2 saturated carbocycles. The van der Waals surface area contributed by atoms with E-state index in [1.807, 2.05) is 4.68 Å². The molecule has 2 atom stereocenters. The van der Waals surface area contributed by atoms with Crippen molar-refractivity contribution in [3.8, 4) is 0 Å². The van der Waals surface area contributed by atoms with Crippen LogP contribution in [0, 0.1) is 5.92 Å². The monoisotopic (exact) mass is 291 g/mol. The van der Waals surface area contributed by atoms with Crippen LogP contribution in [0.3, 0.4) is 0 Å². The van der Waals surface area contributed by atoms with Gasteiger partial charge in [0.15, 0.2) is 0 Å². The molecule has 21 heavy (non-hydrogen) atoms. The molecule has 5 nitrogen and oxygen atoms in total. The SMILES string of the molecule is CC1CCCC(N(C)CCn2cc(CNC3CC3)nn2)C1. The highest BCUT2D eigenvalue weighted by Gasteiger charge is 2.22. The summed E-state index contributed by atoms with van der Waals surface area (Å²) in [6.07, 6.45) is 10.2. The molecule has 1 aromatic rings. The summed E-state index contributed by atoms with van der Waals surface area (Å²) in [5.74, 6) is 0.887. The lowest BCUT2D eigenvalue weighted by molar-refractivity contribution is 0.158. The van der Waals surface area contributed by atoms with Gasteiger partial charge in [-0.05, 0) is 38.6 Å². The zero-order valence-corrected chi connectivity index (χ0v) is 13.5. The van der Waals surface area contributed by atoms with Gasteiger partial charge in [0.25, 0.3) is 0 Å². The Kier molecular flexibility index (Phi) is 4.91. The molecule has 0 aliphatic heterocycles. The molecule has 1 N–H and O–H groups in total. The second kappa shape index (κ2) is 6.88. The van der Waals surface area contributed by atoms with E-state index in [2.05, 4.69) is 40.7 Å². The molecular formula is C16H29N5. The van der Waals surface area contributed by atoms with Gasteiger partial charge in [-0.1, -0.05) is 25.0 Å². The Morgan fingerprint density at radius 1 is 1.33 bits per heavy atom. The molecule has 118 valence electrons. The number of nitrogens with one attached hydrogen (secondary N) is 1. The van der Waals surface area contributed by atoms with Gasteiger partial charge in [0.2, 0.25) is 0 Å². The van der Waals surface area contributed by atoms with Crippen LogP contribution in [0.5, 0.6) is 0 Å². The lowest BCUT2D eigenvalue weighted by atomic mass is 9.86. The van der Waals surface area contributed by atoms with Gasteiger partial charge in [-0.25, -0.2) is 0 Å². The Bertz CT molecular complexity index is 440. The first-order chi connectivity index (χ1) is 10.2. The Hall–Kier alpha value is -0.940. The van der Waals surface area contributed by atoms with Gasteiger partial charge in [-0.3, -0.25) is 4.68 Å². The van der Waals surface area contributed by atoms with Gasteiger partial charge in [0.1, 0.15) is 0 Å². The maximum Gasteiger partial charge on any atom is 0.0964 e. The van der Waals surface area contributed by atoms with Crippen LogP contribution in [0.25, 0.3) is 0 Å². The lowest BCUT2D eigenvalue weighted by Crippen LogP contribution is -2.37. The second-order valence-electron chi connectivity index (χ2n) is 7.03. The summed E-state index contributed by atoms with van der Waals surface area (Å²) in [7, 11) is 2.26. The third-order valence-corrected chi connectivity index (χ3v) is 4.95. The minimum absolute atomic E-state index is 0.731. The molecular weight excluding hydrogens is 262 g/mol. The lowest BCUT2D eigenvalue weighted by Gasteiger charge is -2.34. The van der Waals surface area contributed by atoms with Crippen LogP contribution in [0.4, 0.5) is 0 Å². The van der Waals surface area contributed by atoms with Crippen LogP contribution in [0.15, 0.2) is 6.20 Å². The van der Waals surface area contributed by atoms with E-state index in [9.17, 15) is 0 Å². The third kappa shape index (κ3) is 4.51. The van der Waals surface area contributed by atoms with E-state index >= 15 is 0 Å². The smallest absolute Gasteiger partial charge is 0.0964 e. The van der Waals surface area contributed by atoms with Gasteiger partial charge in [0.05, 0.1) is 12.2 Å². The fourth-order valence-corrected chi connectivity index (χ4v) is 3.31. The minimum atomic E-state index is 0.731.